The summed E-state index contributed by atoms with van der Waals surface area (Å²) in [5.41, 5.74) is 0. The fraction of sp³-hybridized carbons (Fsp3) is 0.691. The van der Waals surface area contributed by atoms with Crippen molar-refractivity contribution in [2.24, 2.45) is 0 Å². The van der Waals surface area contributed by atoms with Crippen LogP contribution < -0.4 is 0 Å². The van der Waals surface area contributed by atoms with Gasteiger partial charge in [-0.15, -0.1) is 0 Å². The van der Waals surface area contributed by atoms with Crippen molar-refractivity contribution in [3.63, 3.8) is 0 Å². The van der Waals surface area contributed by atoms with Gasteiger partial charge in [-0.3, -0.25) is 14.4 Å². The van der Waals surface area contributed by atoms with Crippen LogP contribution in [0.15, 0.2) is 109 Å². The van der Waals surface area contributed by atoms with Crippen LogP contribution in [0, 0.1) is 0 Å². The van der Waals surface area contributed by atoms with E-state index in [1.54, 1.807) is 0 Å². The molecule has 6 heteroatoms. The van der Waals surface area contributed by atoms with E-state index in [-0.39, 0.29) is 31.1 Å². The van der Waals surface area contributed by atoms with Crippen LogP contribution in [0.3, 0.4) is 0 Å². The molecule has 0 aliphatic heterocycles. The van der Waals surface area contributed by atoms with Gasteiger partial charge in [-0.1, -0.05) is 271 Å². The number of hydrogen-bond acceptors (Lipinski definition) is 6. The molecule has 422 valence electrons. The van der Waals surface area contributed by atoms with Crippen LogP contribution in [0.2, 0.25) is 0 Å². The lowest BCUT2D eigenvalue weighted by molar-refractivity contribution is -0.167. The molecule has 1 unspecified atom stereocenters. The van der Waals surface area contributed by atoms with E-state index in [1.165, 1.54) is 122 Å². The first-order valence-corrected chi connectivity index (χ1v) is 30.9. The van der Waals surface area contributed by atoms with Gasteiger partial charge in [0.05, 0.1) is 0 Å². The fourth-order valence-electron chi connectivity index (χ4n) is 8.38. The number of unbranched alkanes of at least 4 members (excludes halogenated alkanes) is 26. The van der Waals surface area contributed by atoms with Crippen molar-refractivity contribution in [3.8, 4) is 0 Å². The van der Waals surface area contributed by atoms with Crippen molar-refractivity contribution < 1.29 is 28.6 Å². The first kappa shape index (κ1) is 70.1. The maximum absolute atomic E-state index is 12.8. The molecular weight excluding hydrogens is 913 g/mol. The summed E-state index contributed by atoms with van der Waals surface area (Å²) in [6.07, 6.45) is 83.8. The van der Waals surface area contributed by atoms with Crippen molar-refractivity contribution in [3.05, 3.63) is 109 Å². The maximum atomic E-state index is 12.8. The zero-order chi connectivity index (χ0) is 53.6. The smallest absolute Gasteiger partial charge is 0.306 e. The first-order valence-electron chi connectivity index (χ1n) is 30.9. The normalized spacial score (nSPS) is 12.9. The summed E-state index contributed by atoms with van der Waals surface area (Å²) in [7, 11) is 0. The SMILES string of the molecule is CC/C=C\C/C=C\C/C=C\C/C=C\C/C=C\C/C=C\C/C=C\C/C=C\CCCCCCCCCCC(=O)OCC(COC(=O)CCCCCCC/C=C\CCCC)OC(=O)CCCCCCCCCCCCCC. The summed E-state index contributed by atoms with van der Waals surface area (Å²) in [5, 5.41) is 0. The Morgan fingerprint density at radius 1 is 0.284 bits per heavy atom. The van der Waals surface area contributed by atoms with Gasteiger partial charge in [0.15, 0.2) is 6.10 Å². The standard InChI is InChI=1S/C68H114O6/c1-4-7-10-13-16-19-22-24-25-26-27-28-29-30-31-32-33-34-35-36-37-38-39-40-41-42-43-44-47-49-52-55-58-61-67(70)73-64-65(63-72-66(69)60-57-54-51-48-45-21-18-15-12-9-6-3)74-68(71)62-59-56-53-50-46-23-20-17-14-11-8-5-2/h7,10,15-16,18-19,24-25,27-28,30-31,33-34,36-37,39-40,65H,4-6,8-9,11-14,17,20-23,26,29,32,35,38,41-64H2,1-3H3/b10-7-,18-15-,19-16-,25-24-,28-27-,31-30-,34-33-,37-36-,40-39-. The number of carbonyl (C=O) groups is 3. The third-order valence-corrected chi connectivity index (χ3v) is 13.0. The Kier molecular flexibility index (Phi) is 58.3. The molecule has 0 spiro atoms. The zero-order valence-corrected chi connectivity index (χ0v) is 48.3. The van der Waals surface area contributed by atoms with E-state index in [0.717, 1.165) is 122 Å². The number of hydrogen-bond donors (Lipinski definition) is 0. The van der Waals surface area contributed by atoms with E-state index < -0.39 is 6.10 Å². The lowest BCUT2D eigenvalue weighted by atomic mass is 10.0. The van der Waals surface area contributed by atoms with Crippen LogP contribution in [-0.4, -0.2) is 37.2 Å². The van der Waals surface area contributed by atoms with Gasteiger partial charge in [0.25, 0.3) is 0 Å². The Balaban J connectivity index is 4.19. The average Bonchev–Trinajstić information content (AvgIpc) is 3.40. The van der Waals surface area contributed by atoms with E-state index >= 15 is 0 Å². The predicted molar refractivity (Wildman–Crippen MR) is 320 cm³/mol. The molecule has 0 saturated carbocycles. The van der Waals surface area contributed by atoms with Gasteiger partial charge in [0.2, 0.25) is 0 Å². The van der Waals surface area contributed by atoms with Crippen LogP contribution in [0.25, 0.3) is 0 Å². The van der Waals surface area contributed by atoms with Gasteiger partial charge in [0.1, 0.15) is 13.2 Å². The first-order chi connectivity index (χ1) is 36.5. The fourth-order valence-corrected chi connectivity index (χ4v) is 8.38. The van der Waals surface area contributed by atoms with Crippen molar-refractivity contribution in [2.45, 2.75) is 290 Å². The Hall–Kier alpha value is -3.93. The van der Waals surface area contributed by atoms with Crippen molar-refractivity contribution in [1.29, 1.82) is 0 Å². The van der Waals surface area contributed by atoms with Gasteiger partial charge < -0.3 is 14.2 Å². The Morgan fingerprint density at radius 2 is 0.541 bits per heavy atom. The van der Waals surface area contributed by atoms with Crippen LogP contribution in [0.1, 0.15) is 284 Å². The molecule has 0 radical (unpaired) electrons. The van der Waals surface area contributed by atoms with E-state index in [1.807, 2.05) is 0 Å². The molecule has 0 rings (SSSR count). The molecule has 74 heavy (non-hydrogen) atoms. The molecule has 0 N–H and O–H groups in total. The molecule has 0 amide bonds. The second-order valence-corrected chi connectivity index (χ2v) is 20.2. The molecule has 0 aromatic carbocycles. The molecule has 0 aliphatic rings. The third-order valence-electron chi connectivity index (χ3n) is 13.0. The summed E-state index contributed by atoms with van der Waals surface area (Å²) < 4.78 is 16.8. The summed E-state index contributed by atoms with van der Waals surface area (Å²) in [6, 6.07) is 0. The number of carbonyl (C=O) groups excluding carboxylic acids is 3. The monoisotopic (exact) mass is 1030 g/mol. The minimum atomic E-state index is -0.782. The molecule has 0 aliphatic carbocycles. The lowest BCUT2D eigenvalue weighted by Crippen LogP contribution is -2.30. The summed E-state index contributed by atoms with van der Waals surface area (Å²) in [5.74, 6) is -0.896. The highest BCUT2D eigenvalue weighted by molar-refractivity contribution is 5.71. The Bertz CT molecular complexity index is 1510. The van der Waals surface area contributed by atoms with Crippen LogP contribution in [0.4, 0.5) is 0 Å². The Morgan fingerprint density at radius 3 is 0.878 bits per heavy atom. The average molecular weight is 1030 g/mol. The van der Waals surface area contributed by atoms with Crippen molar-refractivity contribution in [2.75, 3.05) is 13.2 Å². The van der Waals surface area contributed by atoms with Crippen LogP contribution in [0.5, 0.6) is 0 Å². The van der Waals surface area contributed by atoms with Crippen molar-refractivity contribution >= 4 is 17.9 Å². The molecule has 0 aromatic rings. The summed E-state index contributed by atoms with van der Waals surface area (Å²) in [4.78, 5) is 38.1. The second kappa shape index (κ2) is 61.6. The largest absolute Gasteiger partial charge is 0.462 e. The zero-order valence-electron chi connectivity index (χ0n) is 48.3. The number of ether oxygens (including phenoxy) is 3. The van der Waals surface area contributed by atoms with Gasteiger partial charge in [-0.25, -0.2) is 0 Å². The van der Waals surface area contributed by atoms with Gasteiger partial charge >= 0.3 is 17.9 Å². The molecule has 1 atom stereocenters. The highest BCUT2D eigenvalue weighted by atomic mass is 16.6. The summed E-state index contributed by atoms with van der Waals surface area (Å²) >= 11 is 0. The highest BCUT2D eigenvalue weighted by Crippen LogP contribution is 2.15. The topological polar surface area (TPSA) is 78.9 Å². The molecule has 0 saturated heterocycles. The molecule has 0 heterocycles. The minimum Gasteiger partial charge on any atom is -0.462 e. The van der Waals surface area contributed by atoms with E-state index in [4.69, 9.17) is 14.2 Å². The van der Waals surface area contributed by atoms with E-state index in [2.05, 4.69) is 130 Å². The molecule has 0 bridgehead atoms. The quantitative estimate of drug-likeness (QED) is 0.0261. The molecule has 0 aromatic heterocycles. The molecule has 0 fully saturated rings. The van der Waals surface area contributed by atoms with Crippen LogP contribution >= 0.6 is 0 Å². The maximum Gasteiger partial charge on any atom is 0.306 e. The Labute approximate surface area is 457 Å². The molecule has 6 nitrogen and oxygen atoms in total. The second-order valence-electron chi connectivity index (χ2n) is 20.2. The minimum absolute atomic E-state index is 0.0827. The van der Waals surface area contributed by atoms with E-state index in [0.29, 0.717) is 19.3 Å². The number of esters is 3. The number of allylic oxidation sites excluding steroid dienone is 18. The predicted octanol–water partition coefficient (Wildman–Crippen LogP) is 21.0. The van der Waals surface area contributed by atoms with Gasteiger partial charge in [-0.05, 0) is 103 Å². The summed E-state index contributed by atoms with van der Waals surface area (Å²) in [6.45, 7) is 6.48. The van der Waals surface area contributed by atoms with Gasteiger partial charge in [0, 0.05) is 19.3 Å². The van der Waals surface area contributed by atoms with E-state index in [9.17, 15) is 14.4 Å². The van der Waals surface area contributed by atoms with Crippen molar-refractivity contribution in [1.82, 2.24) is 0 Å². The highest BCUT2D eigenvalue weighted by Gasteiger charge is 2.19. The molecular formula is C68H114O6. The third kappa shape index (κ3) is 59.0. The van der Waals surface area contributed by atoms with Crippen LogP contribution in [-0.2, 0) is 28.6 Å². The number of rotatable bonds is 55. The lowest BCUT2D eigenvalue weighted by Gasteiger charge is -2.18. The van der Waals surface area contributed by atoms with Gasteiger partial charge in [-0.2, -0.15) is 0 Å².